The Kier molecular flexibility index (Phi) is 4.78. The number of amides is 1. The number of carbonyl (C=O) groups is 1. The monoisotopic (exact) mass is 319 g/mol. The number of rotatable bonds is 6. The van der Waals surface area contributed by atoms with Gasteiger partial charge in [-0.3, -0.25) is 9.69 Å². The van der Waals surface area contributed by atoms with Crippen molar-refractivity contribution in [2.45, 2.75) is 58.0 Å². The normalized spacial score (nSPS) is 23.7. The third-order valence-corrected chi connectivity index (χ3v) is 5.28. The molecule has 2 fully saturated rings. The van der Waals surface area contributed by atoms with Crippen molar-refractivity contribution in [3.05, 3.63) is 23.2 Å². The van der Waals surface area contributed by atoms with Gasteiger partial charge in [0.25, 0.3) is 0 Å². The Bertz CT molecular complexity index is 543. The molecule has 3 N–H and O–H groups in total. The second-order valence-corrected chi connectivity index (χ2v) is 7.40. The van der Waals surface area contributed by atoms with Gasteiger partial charge in [-0.25, -0.2) is 0 Å². The first kappa shape index (κ1) is 16.5. The summed E-state index contributed by atoms with van der Waals surface area (Å²) in [4.78, 5) is 14.3. The molecule has 0 aromatic carbocycles. The van der Waals surface area contributed by atoms with Crippen LogP contribution in [0.1, 0.15) is 49.2 Å². The first-order chi connectivity index (χ1) is 11.0. The van der Waals surface area contributed by atoms with E-state index in [2.05, 4.69) is 23.2 Å². The van der Waals surface area contributed by atoms with Gasteiger partial charge < -0.3 is 15.5 Å². The van der Waals surface area contributed by atoms with E-state index in [9.17, 15) is 4.79 Å². The van der Waals surface area contributed by atoms with E-state index in [1.54, 1.807) is 0 Å². The van der Waals surface area contributed by atoms with Crippen molar-refractivity contribution >= 4 is 5.91 Å². The molecule has 3 rings (SSSR count). The van der Waals surface area contributed by atoms with Crippen molar-refractivity contribution in [1.82, 2.24) is 10.2 Å². The van der Waals surface area contributed by atoms with Crippen LogP contribution in [0.3, 0.4) is 0 Å². The van der Waals surface area contributed by atoms with Crippen LogP contribution in [0.5, 0.6) is 0 Å². The van der Waals surface area contributed by atoms with E-state index < -0.39 is 5.54 Å². The molecular formula is C18H29N3O2. The summed E-state index contributed by atoms with van der Waals surface area (Å²) in [5.74, 6) is 2.76. The van der Waals surface area contributed by atoms with Crippen LogP contribution in [0, 0.1) is 19.8 Å². The molecule has 1 saturated carbocycles. The van der Waals surface area contributed by atoms with Crippen molar-refractivity contribution in [3.8, 4) is 0 Å². The highest BCUT2D eigenvalue weighted by atomic mass is 16.3. The Morgan fingerprint density at radius 1 is 1.48 bits per heavy atom. The highest BCUT2D eigenvalue weighted by Crippen LogP contribution is 2.32. The Morgan fingerprint density at radius 3 is 2.91 bits per heavy atom. The minimum absolute atomic E-state index is 0.0340. The maximum atomic E-state index is 11.8. The lowest BCUT2D eigenvalue weighted by Gasteiger charge is -2.32. The van der Waals surface area contributed by atoms with Gasteiger partial charge in [0, 0.05) is 13.1 Å². The summed E-state index contributed by atoms with van der Waals surface area (Å²) in [6, 6.07) is 2.15. The predicted molar refractivity (Wildman–Crippen MR) is 90.0 cm³/mol. The molecule has 0 spiro atoms. The van der Waals surface area contributed by atoms with Gasteiger partial charge in [-0.15, -0.1) is 0 Å². The molecule has 1 aromatic heterocycles. The van der Waals surface area contributed by atoms with Crippen molar-refractivity contribution in [2.24, 2.45) is 11.7 Å². The first-order valence-corrected chi connectivity index (χ1v) is 8.82. The smallest absolute Gasteiger partial charge is 0.240 e. The van der Waals surface area contributed by atoms with Crippen LogP contribution in [0.15, 0.2) is 10.5 Å². The van der Waals surface area contributed by atoms with Gasteiger partial charge in [0.15, 0.2) is 0 Å². The molecule has 23 heavy (non-hydrogen) atoms. The predicted octanol–water partition coefficient (Wildman–Crippen LogP) is 2.11. The maximum Gasteiger partial charge on any atom is 0.240 e. The van der Waals surface area contributed by atoms with E-state index in [-0.39, 0.29) is 5.91 Å². The highest BCUT2D eigenvalue weighted by molar-refractivity contribution is 5.88. The highest BCUT2D eigenvalue weighted by Gasteiger charge is 2.45. The summed E-state index contributed by atoms with van der Waals surface area (Å²) in [6.07, 6.45) is 5.17. The second kappa shape index (κ2) is 6.65. The molecule has 1 atom stereocenters. The summed E-state index contributed by atoms with van der Waals surface area (Å²) < 4.78 is 5.80. The van der Waals surface area contributed by atoms with E-state index in [1.165, 1.54) is 18.4 Å². The zero-order valence-electron chi connectivity index (χ0n) is 14.4. The summed E-state index contributed by atoms with van der Waals surface area (Å²) in [5, 5.41) is 3.01. The zero-order valence-corrected chi connectivity index (χ0v) is 14.4. The molecule has 0 radical (unpaired) electrons. The summed E-state index contributed by atoms with van der Waals surface area (Å²) in [6.45, 7) is 7.97. The number of carbonyl (C=O) groups excluding carboxylic acids is 1. The van der Waals surface area contributed by atoms with Crippen LogP contribution < -0.4 is 11.1 Å². The lowest BCUT2D eigenvalue weighted by atomic mass is 9.94. The van der Waals surface area contributed by atoms with Crippen molar-refractivity contribution in [3.63, 3.8) is 0 Å². The third-order valence-electron chi connectivity index (χ3n) is 5.28. The third kappa shape index (κ3) is 4.15. The van der Waals surface area contributed by atoms with E-state index in [0.717, 1.165) is 57.0 Å². The minimum atomic E-state index is -0.548. The zero-order chi connectivity index (χ0) is 16.4. The molecule has 5 heteroatoms. The molecule has 5 nitrogen and oxygen atoms in total. The fraction of sp³-hybridized carbons (Fsp3) is 0.722. The van der Waals surface area contributed by atoms with Gasteiger partial charge in [-0.05, 0) is 70.0 Å². The van der Waals surface area contributed by atoms with Gasteiger partial charge >= 0.3 is 0 Å². The molecule has 1 saturated heterocycles. The quantitative estimate of drug-likeness (QED) is 0.842. The number of nitrogens with zero attached hydrogens (tertiary/aromatic N) is 1. The minimum Gasteiger partial charge on any atom is -0.465 e. The molecule has 1 amide bonds. The fourth-order valence-electron chi connectivity index (χ4n) is 3.41. The Hall–Kier alpha value is -1.33. The number of nitrogens with one attached hydrogen (secondary N) is 1. The number of furan rings is 1. The Balaban J connectivity index is 1.42. The molecular weight excluding hydrogens is 290 g/mol. The second-order valence-electron chi connectivity index (χ2n) is 7.40. The van der Waals surface area contributed by atoms with Gasteiger partial charge in [0.2, 0.25) is 5.91 Å². The average Bonchev–Trinajstić information content (AvgIpc) is 3.18. The van der Waals surface area contributed by atoms with E-state index in [0.29, 0.717) is 5.92 Å². The van der Waals surface area contributed by atoms with E-state index >= 15 is 0 Å². The van der Waals surface area contributed by atoms with Crippen LogP contribution in [-0.2, 0) is 11.3 Å². The van der Waals surface area contributed by atoms with Crippen LogP contribution in [-0.4, -0.2) is 36.0 Å². The molecule has 128 valence electrons. The van der Waals surface area contributed by atoms with Gasteiger partial charge in [0.05, 0.1) is 12.1 Å². The lowest BCUT2D eigenvalue weighted by Crippen LogP contribution is -2.44. The van der Waals surface area contributed by atoms with Gasteiger partial charge in [-0.1, -0.05) is 0 Å². The molecule has 1 aliphatic heterocycles. The molecule has 1 unspecified atom stereocenters. The van der Waals surface area contributed by atoms with Crippen molar-refractivity contribution < 1.29 is 9.21 Å². The van der Waals surface area contributed by atoms with Crippen molar-refractivity contribution in [2.75, 3.05) is 19.6 Å². The standard InChI is InChI=1S/C18H29N3O2/c1-13-10-16(23-14(13)2)12-21-9-3-4-15(11-21)5-8-20-17(22)18(19)6-7-18/h10,15H,3-9,11-12,19H2,1-2H3,(H,20,22). The number of hydrogen-bond acceptors (Lipinski definition) is 4. The number of piperidine rings is 1. The van der Waals surface area contributed by atoms with Crippen molar-refractivity contribution in [1.29, 1.82) is 0 Å². The van der Waals surface area contributed by atoms with Gasteiger partial charge in [-0.2, -0.15) is 0 Å². The topological polar surface area (TPSA) is 71.5 Å². The molecule has 0 bridgehead atoms. The summed E-state index contributed by atoms with van der Waals surface area (Å²) in [5.41, 5.74) is 6.58. The SMILES string of the molecule is Cc1cc(CN2CCCC(CCNC(=O)C3(N)CC3)C2)oc1C. The molecule has 1 aliphatic carbocycles. The Labute approximate surface area is 138 Å². The maximum absolute atomic E-state index is 11.8. The first-order valence-electron chi connectivity index (χ1n) is 8.82. The van der Waals surface area contributed by atoms with Crippen LogP contribution >= 0.6 is 0 Å². The number of aryl methyl sites for hydroxylation is 2. The van der Waals surface area contributed by atoms with Crippen LogP contribution in [0.2, 0.25) is 0 Å². The molecule has 2 heterocycles. The lowest BCUT2D eigenvalue weighted by molar-refractivity contribution is -0.123. The molecule has 1 aromatic rings. The van der Waals surface area contributed by atoms with E-state index in [4.69, 9.17) is 10.2 Å². The molecule has 2 aliphatic rings. The van der Waals surface area contributed by atoms with Gasteiger partial charge in [0.1, 0.15) is 11.5 Å². The fourth-order valence-corrected chi connectivity index (χ4v) is 3.41. The number of nitrogens with two attached hydrogens (primary N) is 1. The Morgan fingerprint density at radius 2 is 2.26 bits per heavy atom. The number of hydrogen-bond donors (Lipinski definition) is 2. The van der Waals surface area contributed by atoms with E-state index in [1.807, 2.05) is 6.92 Å². The summed E-state index contributed by atoms with van der Waals surface area (Å²) in [7, 11) is 0. The summed E-state index contributed by atoms with van der Waals surface area (Å²) >= 11 is 0. The average molecular weight is 319 g/mol. The van der Waals surface area contributed by atoms with Crippen LogP contribution in [0.4, 0.5) is 0 Å². The number of likely N-dealkylation sites (tertiary alicyclic amines) is 1. The van der Waals surface area contributed by atoms with Crippen LogP contribution in [0.25, 0.3) is 0 Å². The largest absolute Gasteiger partial charge is 0.465 e.